The fraction of sp³-hybridized carbons (Fsp3) is 0.434. The van der Waals surface area contributed by atoms with Gasteiger partial charge in [0.05, 0.1) is 188 Å². The van der Waals surface area contributed by atoms with E-state index in [9.17, 15) is 153 Å². The van der Waals surface area contributed by atoms with Gasteiger partial charge in [-0.3, -0.25) is 115 Å². The molecular formula is C99H74O48. The van der Waals surface area contributed by atoms with Crippen LogP contribution in [0.3, 0.4) is 0 Å². The lowest BCUT2D eigenvalue weighted by atomic mass is 9.59. The Morgan fingerprint density at radius 3 is 0.884 bits per heavy atom. The molecule has 17 fully saturated rings. The molecule has 48 heteroatoms. The molecule has 4 aromatic carbocycles. The Morgan fingerprint density at radius 1 is 0.218 bits per heavy atom. The van der Waals surface area contributed by atoms with Crippen LogP contribution in [0.15, 0.2) is 94.7 Å². The van der Waals surface area contributed by atoms with Crippen LogP contribution in [0, 0.1) is 137 Å². The maximum Gasteiger partial charge on any atom is 0.346 e. The number of rotatable bonds is 11. The van der Waals surface area contributed by atoms with Gasteiger partial charge in [-0.25, -0.2) is 38.4 Å². The Morgan fingerprint density at radius 2 is 0.503 bits per heavy atom. The molecule has 20 aliphatic rings. The molecule has 18 unspecified atom stereocenters. The Hall–Kier alpha value is -16.9. The Balaban J connectivity index is 0.000000107. The Bertz CT molecular complexity index is 6740. The highest BCUT2D eigenvalue weighted by molar-refractivity contribution is 6.16. The summed E-state index contributed by atoms with van der Waals surface area (Å²) < 4.78 is 72.0. The van der Waals surface area contributed by atoms with E-state index < -0.39 is 314 Å². The molecule has 5 saturated carbocycles. The first kappa shape index (κ1) is 98.9. The van der Waals surface area contributed by atoms with Gasteiger partial charge in [-0.2, -0.15) is 0 Å². The highest BCUT2D eigenvalue weighted by Crippen LogP contribution is 2.62. The Labute approximate surface area is 817 Å². The summed E-state index contributed by atoms with van der Waals surface area (Å²) in [4.78, 5) is 364. The van der Waals surface area contributed by atoms with Gasteiger partial charge in [-0.15, -0.1) is 0 Å². The molecule has 6 aromatic rings. The van der Waals surface area contributed by atoms with E-state index in [1.54, 1.807) is 24.3 Å². The summed E-state index contributed by atoms with van der Waals surface area (Å²) in [6.07, 6.45) is 9.80. The van der Waals surface area contributed by atoms with Crippen molar-refractivity contribution in [2.24, 2.45) is 130 Å². The predicted octanol–water partition coefficient (Wildman–Crippen LogP) is 1.56. The van der Waals surface area contributed by atoms with Crippen LogP contribution in [0.2, 0.25) is 0 Å². The van der Waals surface area contributed by atoms with Crippen LogP contribution < -0.4 is 22.5 Å². The van der Waals surface area contributed by atoms with Crippen molar-refractivity contribution < 1.29 is 209 Å². The zero-order valence-electron chi connectivity index (χ0n) is 76.0. The lowest BCUT2D eigenvalue weighted by molar-refractivity contribution is -0.176. The molecule has 14 aliphatic heterocycles. The standard InChI is InChI=1S/C24H22O6.C17H14O6.C12H10O6.2C10H8O6.C10H2O6.C8H4O6.C8H6O6/c25-21-17-11-9-15(13-19(17)23(27)29-21)7-5-3-1-2-4-6-8-16-10-12-18-20(14-16)24(28)30-22(18)26;1-7-2-3-8-9(11-6-13(18)22-15(11)19)5-12-14(10(8)4-7)17(21)23-16(12)20;13-9-3-1-4(10(14)17-9)8-6-2-5(7(3)8)11(15)18-12(6)16;11-6-2-3-4(8(12)15-6)1-5-7(3)10(14)16-9(5)13;2*11-7-3-1-4-6(10(14)16-8(4)12)2-5(3)9(13)15-7;9-5-1-2(6(10)13-5)4-3(1)7(11)14-8(4)12;9-5-1-3(7(11)13-5)4-2-6(10)14-8(4)12/h9-14H,1-8H2;2-4,9,11-12,14H,5-6H2,1H3;3-8H,1-2H2;3-5,7H,1-2H2;3-6H,1-2H2;1-2H;1-4H;3-4H,1-2H2. The molecule has 4 bridgehead atoms. The number of furan rings is 2. The van der Waals surface area contributed by atoms with E-state index in [4.69, 9.17) is 14.2 Å². The van der Waals surface area contributed by atoms with Crippen LogP contribution in [-0.4, -0.2) is 167 Å². The fourth-order valence-electron chi connectivity index (χ4n) is 23.6. The van der Waals surface area contributed by atoms with E-state index >= 15 is 0 Å². The number of unbranched alkanes of at least 4 members (excludes halogenated alkanes) is 5. The van der Waals surface area contributed by atoms with Crippen LogP contribution in [0.1, 0.15) is 184 Å². The molecule has 12 saturated heterocycles. The normalized spacial score (nSPS) is 31.5. The van der Waals surface area contributed by atoms with Crippen LogP contribution in [0.4, 0.5) is 0 Å². The summed E-state index contributed by atoms with van der Waals surface area (Å²) in [6.45, 7) is 1.90. The molecule has 0 spiro atoms. The van der Waals surface area contributed by atoms with Crippen molar-refractivity contribution in [1.29, 1.82) is 0 Å². The number of hydrogen-bond donors (Lipinski definition) is 0. The molecular weight excluding hydrogens is 1960 g/mol. The number of ether oxygens (including phenoxy) is 14. The van der Waals surface area contributed by atoms with Gasteiger partial charge in [0.15, 0.2) is 0 Å². The number of esters is 28. The van der Waals surface area contributed by atoms with Crippen molar-refractivity contribution >= 4 is 189 Å². The van der Waals surface area contributed by atoms with E-state index in [0.717, 1.165) is 91.3 Å². The van der Waals surface area contributed by atoms with Gasteiger partial charge >= 0.3 is 190 Å². The predicted molar refractivity (Wildman–Crippen MR) is 454 cm³/mol. The maximum atomic E-state index is 12.0. The molecule has 0 radical (unpaired) electrons. The van der Waals surface area contributed by atoms with E-state index in [1.165, 1.54) is 0 Å². The minimum atomic E-state index is -0.846. The zero-order valence-corrected chi connectivity index (χ0v) is 76.0. The van der Waals surface area contributed by atoms with Gasteiger partial charge < -0.3 is 75.2 Å². The first-order valence-corrected chi connectivity index (χ1v) is 46.6. The first-order valence-electron chi connectivity index (χ1n) is 46.6. The number of fused-ring (bicyclic) bond motifs is 25. The van der Waals surface area contributed by atoms with E-state index in [1.807, 2.05) is 37.3 Å². The zero-order chi connectivity index (χ0) is 105. The highest BCUT2D eigenvalue weighted by atomic mass is 16.7. The molecule has 147 heavy (non-hydrogen) atoms. The van der Waals surface area contributed by atoms with Crippen LogP contribution in [0.5, 0.6) is 0 Å². The minimum Gasteiger partial charge on any atom is -0.393 e. The third kappa shape index (κ3) is 17.9. The van der Waals surface area contributed by atoms with Gasteiger partial charge in [0, 0.05) is 0 Å². The number of hydrogen-bond acceptors (Lipinski definition) is 48. The molecule has 758 valence electrons. The third-order valence-electron chi connectivity index (χ3n) is 30.5. The smallest absolute Gasteiger partial charge is 0.346 e. The first-order chi connectivity index (χ1) is 70.0. The van der Waals surface area contributed by atoms with Crippen LogP contribution >= 0.6 is 0 Å². The minimum absolute atomic E-state index is 0.0111. The SMILES string of the molecule is Cc1ccc2c(c1)C1C(=O)OC(=O)C1CC2C1CC(=O)OC1=O.O=C1CC(C2CC(=O)OC2=O)C(=O)O1.O=C1CC2C(CC3C(=O)OC(=O)C32)C(=O)O1.O=C1OC(=O)C2C1C1C(=O)OC(=O)C21.O=C1OC(=O)C2CC1C1C3CC(C(=O)OC3=O)C21.O=C1OC(=O)C2CC3C(=O)OC(=O)C3CC12.O=C1OC(=O)c2cc(CCCCCCCCc3ccc4c(c3)C(=O)OC4=O)ccc21.O=c1oc(=O)c2cc3c(=O)oc(=O)c3cc12. The molecule has 18 atom stereocenters. The number of benzene rings is 4. The molecule has 16 heterocycles. The monoisotopic (exact) mass is 2030 g/mol. The van der Waals surface area contributed by atoms with E-state index in [-0.39, 0.29) is 84.2 Å². The molecule has 0 N–H and O–H groups in total. The summed E-state index contributed by atoms with van der Waals surface area (Å²) in [5.41, 5.74) is 2.79. The number of cyclic esters (lactones) is 28. The molecule has 0 amide bonds. The molecule has 2 aromatic heterocycles. The fourth-order valence-corrected chi connectivity index (χ4v) is 23.6. The number of aryl methyl sites for hydroxylation is 3. The summed E-state index contributed by atoms with van der Waals surface area (Å²) in [5, 5.41) is -0.0726. The van der Waals surface area contributed by atoms with Crippen LogP contribution in [-0.2, 0) is 194 Å². The van der Waals surface area contributed by atoms with Crippen molar-refractivity contribution in [3.63, 3.8) is 0 Å². The quantitative estimate of drug-likeness (QED) is 0.0584. The van der Waals surface area contributed by atoms with Crippen molar-refractivity contribution in [1.82, 2.24) is 0 Å². The number of carbonyl (C=O) groups excluding carboxylic acids is 28. The van der Waals surface area contributed by atoms with E-state index in [2.05, 4.69) is 60.9 Å². The van der Waals surface area contributed by atoms with Crippen molar-refractivity contribution in [2.45, 2.75) is 134 Å². The lowest BCUT2D eigenvalue weighted by Crippen LogP contribution is -2.50. The molecule has 48 nitrogen and oxygen atoms in total. The molecule has 6 aliphatic carbocycles. The second-order valence-electron chi connectivity index (χ2n) is 38.5. The topological polar surface area (TPSA) is 702 Å². The van der Waals surface area contributed by atoms with Crippen molar-refractivity contribution in [2.75, 3.05) is 0 Å². The average Bonchev–Trinajstić information content (AvgIpc) is 1.35. The second-order valence-corrected chi connectivity index (χ2v) is 38.5. The van der Waals surface area contributed by atoms with Crippen LogP contribution in [0.25, 0.3) is 21.5 Å². The maximum absolute atomic E-state index is 12.0. The van der Waals surface area contributed by atoms with Gasteiger partial charge in [0.25, 0.3) is 0 Å². The van der Waals surface area contributed by atoms with E-state index in [0.29, 0.717) is 41.5 Å². The Kier molecular flexibility index (Phi) is 25.8. The van der Waals surface area contributed by atoms with Gasteiger partial charge in [0.2, 0.25) is 0 Å². The van der Waals surface area contributed by atoms with Crippen molar-refractivity contribution in [3.05, 3.63) is 158 Å². The second kappa shape index (κ2) is 38.3. The third-order valence-corrected chi connectivity index (χ3v) is 30.5. The number of carbonyl (C=O) groups is 28. The summed E-state index contributed by atoms with van der Waals surface area (Å²) >= 11 is 0. The highest BCUT2D eigenvalue weighted by Gasteiger charge is 2.74. The lowest BCUT2D eigenvalue weighted by Gasteiger charge is -2.33. The average molecular weight is 2030 g/mol. The summed E-state index contributed by atoms with van der Waals surface area (Å²) in [6, 6.07) is 18.6. The summed E-state index contributed by atoms with van der Waals surface area (Å²) in [7, 11) is 0. The molecule has 26 rings (SSSR count). The largest absolute Gasteiger partial charge is 0.393 e. The van der Waals surface area contributed by atoms with Gasteiger partial charge in [-0.1, -0.05) is 61.6 Å². The van der Waals surface area contributed by atoms with Gasteiger partial charge in [0.1, 0.15) is 0 Å². The summed E-state index contributed by atoms with van der Waals surface area (Å²) in [5.74, 6) is -30.6. The van der Waals surface area contributed by atoms with Gasteiger partial charge in [-0.05, 0) is 153 Å². The van der Waals surface area contributed by atoms with Crippen molar-refractivity contribution in [3.8, 4) is 0 Å².